The second-order valence-electron chi connectivity index (χ2n) is 5.36. The molecule has 5 nitrogen and oxygen atoms in total. The first-order valence-electron chi connectivity index (χ1n) is 6.81. The van der Waals surface area contributed by atoms with Crippen LogP contribution < -0.4 is 5.32 Å². The molecule has 18 heavy (non-hydrogen) atoms. The van der Waals surface area contributed by atoms with Crippen molar-refractivity contribution in [1.29, 1.82) is 0 Å². The average molecular weight is 254 g/mol. The van der Waals surface area contributed by atoms with Crippen molar-refractivity contribution in [2.75, 3.05) is 6.54 Å². The van der Waals surface area contributed by atoms with E-state index in [0.29, 0.717) is 12.5 Å². The Morgan fingerprint density at radius 1 is 1.39 bits per heavy atom. The van der Waals surface area contributed by atoms with Gasteiger partial charge in [-0.2, -0.15) is 0 Å². The fourth-order valence-electron chi connectivity index (χ4n) is 1.76. The standard InChI is InChI=1S/C13H26N4O/c1-5-13(18,6-2)10-17-9-12(15-16-17)8-14-7-11(3)4/h9,11,14,18H,5-8,10H2,1-4H3. The predicted molar refractivity (Wildman–Crippen MR) is 72.1 cm³/mol. The smallest absolute Gasteiger partial charge is 0.0964 e. The van der Waals surface area contributed by atoms with Crippen molar-refractivity contribution in [2.45, 2.75) is 59.2 Å². The molecule has 5 heteroatoms. The van der Waals surface area contributed by atoms with Crippen LogP contribution >= 0.6 is 0 Å². The number of nitrogens with one attached hydrogen (secondary N) is 1. The van der Waals surface area contributed by atoms with Crippen LogP contribution in [0.1, 0.15) is 46.2 Å². The number of rotatable bonds is 8. The number of hydrogen-bond acceptors (Lipinski definition) is 4. The molecule has 1 aromatic heterocycles. The Hall–Kier alpha value is -0.940. The van der Waals surface area contributed by atoms with Gasteiger partial charge in [0.05, 0.1) is 17.8 Å². The molecule has 104 valence electrons. The molecule has 0 unspecified atom stereocenters. The molecule has 1 heterocycles. The third-order valence-corrected chi connectivity index (χ3v) is 3.22. The minimum atomic E-state index is -0.670. The van der Waals surface area contributed by atoms with Crippen molar-refractivity contribution in [2.24, 2.45) is 5.92 Å². The summed E-state index contributed by atoms with van der Waals surface area (Å²) < 4.78 is 1.74. The molecule has 1 aromatic rings. The second kappa shape index (κ2) is 6.85. The molecule has 0 spiro atoms. The van der Waals surface area contributed by atoms with Crippen LogP contribution in [0.25, 0.3) is 0 Å². The minimum Gasteiger partial charge on any atom is -0.388 e. The van der Waals surface area contributed by atoms with Crippen molar-refractivity contribution in [3.63, 3.8) is 0 Å². The van der Waals surface area contributed by atoms with Gasteiger partial charge < -0.3 is 10.4 Å². The first kappa shape index (κ1) is 15.1. The molecule has 0 aliphatic rings. The van der Waals surface area contributed by atoms with Crippen LogP contribution in [0, 0.1) is 5.92 Å². The van der Waals surface area contributed by atoms with Crippen LogP contribution in [0.3, 0.4) is 0 Å². The highest BCUT2D eigenvalue weighted by molar-refractivity contribution is 4.92. The summed E-state index contributed by atoms with van der Waals surface area (Å²) in [7, 11) is 0. The lowest BCUT2D eigenvalue weighted by molar-refractivity contribution is 0.0114. The van der Waals surface area contributed by atoms with E-state index >= 15 is 0 Å². The Morgan fingerprint density at radius 3 is 2.61 bits per heavy atom. The quantitative estimate of drug-likeness (QED) is 0.739. The molecule has 0 aromatic carbocycles. The monoisotopic (exact) mass is 254 g/mol. The molecule has 0 amide bonds. The van der Waals surface area contributed by atoms with E-state index in [1.54, 1.807) is 4.68 Å². The summed E-state index contributed by atoms with van der Waals surface area (Å²) >= 11 is 0. The molecule has 0 fully saturated rings. The molecule has 0 bridgehead atoms. The second-order valence-corrected chi connectivity index (χ2v) is 5.36. The van der Waals surface area contributed by atoms with Gasteiger partial charge in [0.1, 0.15) is 0 Å². The Labute approximate surface area is 110 Å². The van der Waals surface area contributed by atoms with Gasteiger partial charge in [-0.05, 0) is 25.3 Å². The van der Waals surface area contributed by atoms with Crippen molar-refractivity contribution in [3.8, 4) is 0 Å². The number of nitrogens with zero attached hydrogens (tertiary/aromatic N) is 3. The highest BCUT2D eigenvalue weighted by Crippen LogP contribution is 2.16. The van der Waals surface area contributed by atoms with E-state index in [9.17, 15) is 5.11 Å². The largest absolute Gasteiger partial charge is 0.388 e. The molecule has 1 rings (SSSR count). The summed E-state index contributed by atoms with van der Waals surface area (Å²) in [5, 5.41) is 21.7. The van der Waals surface area contributed by atoms with Gasteiger partial charge in [-0.3, -0.25) is 0 Å². The normalized spacial score (nSPS) is 12.3. The predicted octanol–water partition coefficient (Wildman–Crippen LogP) is 1.57. The van der Waals surface area contributed by atoms with Crippen LogP contribution in [0.15, 0.2) is 6.20 Å². The van der Waals surface area contributed by atoms with Gasteiger partial charge in [-0.25, -0.2) is 4.68 Å². The van der Waals surface area contributed by atoms with Gasteiger partial charge in [0.25, 0.3) is 0 Å². The van der Waals surface area contributed by atoms with Crippen LogP contribution in [0.4, 0.5) is 0 Å². The van der Waals surface area contributed by atoms with Crippen molar-refractivity contribution < 1.29 is 5.11 Å². The van der Waals surface area contributed by atoms with Crippen molar-refractivity contribution in [3.05, 3.63) is 11.9 Å². The number of aliphatic hydroxyl groups is 1. The summed E-state index contributed by atoms with van der Waals surface area (Å²) in [4.78, 5) is 0. The van der Waals surface area contributed by atoms with E-state index < -0.39 is 5.60 Å². The molecule has 0 aliphatic heterocycles. The van der Waals surface area contributed by atoms with Crippen LogP contribution in [0.2, 0.25) is 0 Å². The van der Waals surface area contributed by atoms with Crippen LogP contribution in [-0.2, 0) is 13.1 Å². The van der Waals surface area contributed by atoms with Gasteiger partial charge in [-0.15, -0.1) is 5.10 Å². The lowest BCUT2D eigenvalue weighted by Gasteiger charge is -2.24. The van der Waals surface area contributed by atoms with Crippen molar-refractivity contribution in [1.82, 2.24) is 20.3 Å². The van der Waals surface area contributed by atoms with E-state index in [1.807, 2.05) is 20.0 Å². The lowest BCUT2D eigenvalue weighted by atomic mass is 9.98. The highest BCUT2D eigenvalue weighted by atomic mass is 16.3. The molecule has 0 atom stereocenters. The minimum absolute atomic E-state index is 0.511. The van der Waals surface area contributed by atoms with E-state index in [1.165, 1.54) is 0 Å². The van der Waals surface area contributed by atoms with Crippen LogP contribution in [0.5, 0.6) is 0 Å². The fraction of sp³-hybridized carbons (Fsp3) is 0.846. The van der Waals surface area contributed by atoms with Crippen LogP contribution in [-0.4, -0.2) is 32.2 Å². The lowest BCUT2D eigenvalue weighted by Crippen LogP contribution is -2.32. The van der Waals surface area contributed by atoms with E-state index in [0.717, 1.165) is 31.6 Å². The maximum Gasteiger partial charge on any atom is 0.0964 e. The van der Waals surface area contributed by atoms with Gasteiger partial charge in [0.15, 0.2) is 0 Å². The Kier molecular flexibility index (Phi) is 5.75. The summed E-state index contributed by atoms with van der Waals surface area (Å²) in [6.45, 7) is 10.5. The van der Waals surface area contributed by atoms with Gasteiger partial charge in [0.2, 0.25) is 0 Å². The summed E-state index contributed by atoms with van der Waals surface area (Å²) in [6, 6.07) is 0. The maximum atomic E-state index is 10.2. The van der Waals surface area contributed by atoms with Gasteiger partial charge in [0, 0.05) is 12.7 Å². The summed E-state index contributed by atoms with van der Waals surface area (Å²) in [6.07, 6.45) is 3.36. The molecular formula is C13H26N4O. The average Bonchev–Trinajstić information content (AvgIpc) is 2.76. The van der Waals surface area contributed by atoms with Gasteiger partial charge >= 0.3 is 0 Å². The van der Waals surface area contributed by atoms with E-state index in [-0.39, 0.29) is 0 Å². The first-order chi connectivity index (χ1) is 8.49. The third-order valence-electron chi connectivity index (χ3n) is 3.22. The molecule has 0 radical (unpaired) electrons. The molecule has 0 aliphatic carbocycles. The zero-order valence-electron chi connectivity index (χ0n) is 12.0. The molecule has 2 N–H and O–H groups in total. The fourth-order valence-corrected chi connectivity index (χ4v) is 1.76. The topological polar surface area (TPSA) is 63.0 Å². The molecular weight excluding hydrogens is 228 g/mol. The number of hydrogen-bond donors (Lipinski definition) is 2. The summed E-state index contributed by atoms with van der Waals surface area (Å²) in [5.41, 5.74) is 0.251. The van der Waals surface area contributed by atoms with Gasteiger partial charge in [-0.1, -0.05) is 32.9 Å². The Balaban J connectivity index is 2.48. The third kappa shape index (κ3) is 4.74. The molecule has 0 saturated heterocycles. The Bertz CT molecular complexity index is 345. The molecule has 0 saturated carbocycles. The zero-order valence-corrected chi connectivity index (χ0v) is 12.0. The Morgan fingerprint density at radius 2 is 2.06 bits per heavy atom. The van der Waals surface area contributed by atoms with E-state index in [2.05, 4.69) is 29.5 Å². The first-order valence-corrected chi connectivity index (χ1v) is 6.81. The number of aromatic nitrogens is 3. The summed E-state index contributed by atoms with van der Waals surface area (Å²) in [5.74, 6) is 0.630. The maximum absolute atomic E-state index is 10.2. The van der Waals surface area contributed by atoms with E-state index in [4.69, 9.17) is 0 Å². The SMILES string of the molecule is CCC(O)(CC)Cn1cc(CNCC(C)C)nn1. The highest BCUT2D eigenvalue weighted by Gasteiger charge is 2.23. The van der Waals surface area contributed by atoms with Crippen molar-refractivity contribution >= 4 is 0 Å². The zero-order chi connectivity index (χ0) is 13.6.